The molecule has 0 amide bonds. The molecule has 17 heavy (non-hydrogen) atoms. The van der Waals surface area contributed by atoms with Crippen LogP contribution in [0.3, 0.4) is 0 Å². The molecule has 2 aromatic rings. The van der Waals surface area contributed by atoms with Crippen LogP contribution in [0.25, 0.3) is 11.0 Å². The Balaban J connectivity index is 2.86. The van der Waals surface area contributed by atoms with Gasteiger partial charge in [-0.3, -0.25) is 9.13 Å². The second-order valence-corrected chi connectivity index (χ2v) is 4.61. The number of rotatable bonds is 3. The highest BCUT2D eigenvalue weighted by Crippen LogP contribution is 2.26. The molecule has 0 aliphatic rings. The van der Waals surface area contributed by atoms with Crippen LogP contribution >= 0.6 is 0 Å². The molecule has 0 spiro atoms. The Labute approximate surface area is 102 Å². The number of benzene rings is 1. The Morgan fingerprint density at radius 1 is 1.29 bits per heavy atom. The van der Waals surface area contributed by atoms with E-state index < -0.39 is 0 Å². The van der Waals surface area contributed by atoms with Gasteiger partial charge in [0.25, 0.3) is 0 Å². The number of hydrogen-bond donors (Lipinski definition) is 0. The first-order chi connectivity index (χ1) is 8.11. The third-order valence-corrected chi connectivity index (χ3v) is 3.65. The van der Waals surface area contributed by atoms with Crippen LogP contribution in [0.2, 0.25) is 0 Å². The number of imidazole rings is 1. The van der Waals surface area contributed by atoms with Crippen molar-refractivity contribution in [1.29, 1.82) is 0 Å². The van der Waals surface area contributed by atoms with E-state index in [0.29, 0.717) is 5.92 Å². The van der Waals surface area contributed by atoms with Crippen LogP contribution in [0.4, 0.5) is 0 Å². The van der Waals surface area contributed by atoms with E-state index in [9.17, 15) is 4.79 Å². The normalized spacial score (nSPS) is 13.2. The largest absolute Gasteiger partial charge is 0.328 e. The third kappa shape index (κ3) is 1.70. The van der Waals surface area contributed by atoms with Crippen molar-refractivity contribution in [3.8, 4) is 0 Å². The van der Waals surface area contributed by atoms with Crippen LogP contribution in [-0.2, 0) is 13.6 Å². The van der Waals surface area contributed by atoms with Gasteiger partial charge in [0.05, 0.1) is 11.0 Å². The molecular formula is C14H20N2O. The average molecular weight is 232 g/mol. The quantitative estimate of drug-likeness (QED) is 0.799. The zero-order valence-electron chi connectivity index (χ0n) is 11.0. The molecule has 0 saturated carbocycles. The lowest BCUT2D eigenvalue weighted by molar-refractivity contribution is 0.708. The Kier molecular flexibility index (Phi) is 3.09. The monoisotopic (exact) mass is 232 g/mol. The summed E-state index contributed by atoms with van der Waals surface area (Å²) in [5, 5.41) is 0. The van der Waals surface area contributed by atoms with Gasteiger partial charge in [0.1, 0.15) is 0 Å². The van der Waals surface area contributed by atoms with E-state index in [4.69, 9.17) is 0 Å². The maximum atomic E-state index is 12.1. The molecule has 1 aromatic carbocycles. The molecule has 1 aromatic heterocycles. The molecule has 0 bridgehead atoms. The highest BCUT2D eigenvalue weighted by atomic mass is 16.1. The van der Waals surface area contributed by atoms with Crippen molar-refractivity contribution < 1.29 is 0 Å². The fraction of sp³-hybridized carbons (Fsp3) is 0.500. The Hall–Kier alpha value is -1.51. The highest BCUT2D eigenvalue weighted by molar-refractivity contribution is 5.80. The molecule has 92 valence electrons. The molecule has 2 rings (SSSR count). The summed E-state index contributed by atoms with van der Waals surface area (Å²) in [4.78, 5) is 12.1. The SMILES string of the molecule is CCC(C)c1cccc2c1n(C)c(=O)n2CC. The lowest BCUT2D eigenvalue weighted by Gasteiger charge is -2.11. The van der Waals surface area contributed by atoms with E-state index in [1.54, 1.807) is 4.57 Å². The van der Waals surface area contributed by atoms with Gasteiger partial charge < -0.3 is 0 Å². The number of para-hydroxylation sites is 1. The molecule has 3 nitrogen and oxygen atoms in total. The first-order valence-corrected chi connectivity index (χ1v) is 6.29. The lowest BCUT2D eigenvalue weighted by atomic mass is 9.97. The van der Waals surface area contributed by atoms with Gasteiger partial charge in [0.15, 0.2) is 0 Å². The van der Waals surface area contributed by atoms with Crippen LogP contribution in [0.15, 0.2) is 23.0 Å². The average Bonchev–Trinajstić information content (AvgIpc) is 2.61. The van der Waals surface area contributed by atoms with Gasteiger partial charge in [0.2, 0.25) is 0 Å². The van der Waals surface area contributed by atoms with Gasteiger partial charge in [-0.2, -0.15) is 0 Å². The zero-order valence-corrected chi connectivity index (χ0v) is 11.0. The van der Waals surface area contributed by atoms with E-state index in [2.05, 4.69) is 26.0 Å². The van der Waals surface area contributed by atoms with Crippen molar-refractivity contribution >= 4 is 11.0 Å². The van der Waals surface area contributed by atoms with Crippen molar-refractivity contribution in [3.05, 3.63) is 34.2 Å². The second-order valence-electron chi connectivity index (χ2n) is 4.61. The van der Waals surface area contributed by atoms with Crippen molar-refractivity contribution in [3.63, 3.8) is 0 Å². The zero-order chi connectivity index (χ0) is 12.6. The minimum Gasteiger partial charge on any atom is -0.295 e. The van der Waals surface area contributed by atoms with Crippen LogP contribution in [0.1, 0.15) is 38.7 Å². The van der Waals surface area contributed by atoms with Gasteiger partial charge in [-0.05, 0) is 30.9 Å². The standard InChI is InChI=1S/C14H20N2O/c1-5-10(3)11-8-7-9-12-13(11)15(4)14(17)16(12)6-2/h7-10H,5-6H2,1-4H3. The molecule has 0 radical (unpaired) electrons. The minimum absolute atomic E-state index is 0.0817. The summed E-state index contributed by atoms with van der Waals surface area (Å²) in [6.45, 7) is 7.12. The molecule has 1 atom stereocenters. The van der Waals surface area contributed by atoms with Crippen molar-refractivity contribution in [2.24, 2.45) is 7.05 Å². The second kappa shape index (κ2) is 4.40. The summed E-state index contributed by atoms with van der Waals surface area (Å²) >= 11 is 0. The molecule has 0 saturated heterocycles. The summed E-state index contributed by atoms with van der Waals surface area (Å²) < 4.78 is 3.61. The molecule has 1 heterocycles. The summed E-state index contributed by atoms with van der Waals surface area (Å²) in [7, 11) is 1.86. The smallest absolute Gasteiger partial charge is 0.295 e. The lowest BCUT2D eigenvalue weighted by Crippen LogP contribution is -2.21. The van der Waals surface area contributed by atoms with Gasteiger partial charge in [-0.1, -0.05) is 26.0 Å². The number of fused-ring (bicyclic) bond motifs is 1. The number of nitrogens with zero attached hydrogens (tertiary/aromatic N) is 2. The summed E-state index contributed by atoms with van der Waals surface area (Å²) in [6.07, 6.45) is 1.09. The van der Waals surface area contributed by atoms with Crippen LogP contribution < -0.4 is 5.69 Å². The van der Waals surface area contributed by atoms with E-state index in [-0.39, 0.29) is 5.69 Å². The maximum Gasteiger partial charge on any atom is 0.328 e. The van der Waals surface area contributed by atoms with Gasteiger partial charge >= 0.3 is 5.69 Å². The third-order valence-electron chi connectivity index (χ3n) is 3.65. The van der Waals surface area contributed by atoms with E-state index in [1.165, 1.54) is 5.56 Å². The summed E-state index contributed by atoms with van der Waals surface area (Å²) in [5.41, 5.74) is 3.50. The Morgan fingerprint density at radius 2 is 2.00 bits per heavy atom. The van der Waals surface area contributed by atoms with E-state index >= 15 is 0 Å². The summed E-state index contributed by atoms with van der Waals surface area (Å²) in [5.74, 6) is 0.483. The van der Waals surface area contributed by atoms with Crippen molar-refractivity contribution in [2.45, 2.75) is 39.7 Å². The van der Waals surface area contributed by atoms with Crippen LogP contribution in [0.5, 0.6) is 0 Å². The molecule has 0 aliphatic heterocycles. The minimum atomic E-state index is 0.0817. The van der Waals surface area contributed by atoms with Crippen molar-refractivity contribution in [2.75, 3.05) is 0 Å². The predicted molar refractivity (Wildman–Crippen MR) is 71.6 cm³/mol. The predicted octanol–water partition coefficient (Wildman–Crippen LogP) is 2.87. The molecular weight excluding hydrogens is 212 g/mol. The van der Waals surface area contributed by atoms with Crippen LogP contribution in [0, 0.1) is 0 Å². The fourth-order valence-corrected chi connectivity index (χ4v) is 2.43. The molecule has 0 N–H and O–H groups in total. The first kappa shape index (κ1) is 12.0. The highest BCUT2D eigenvalue weighted by Gasteiger charge is 2.15. The van der Waals surface area contributed by atoms with E-state index in [1.807, 2.05) is 24.6 Å². The van der Waals surface area contributed by atoms with Gasteiger partial charge in [-0.25, -0.2) is 4.79 Å². The summed E-state index contributed by atoms with van der Waals surface area (Å²) in [6, 6.07) is 6.22. The molecule has 1 unspecified atom stereocenters. The number of aryl methyl sites for hydroxylation is 2. The van der Waals surface area contributed by atoms with Crippen LogP contribution in [-0.4, -0.2) is 9.13 Å². The van der Waals surface area contributed by atoms with Crippen molar-refractivity contribution in [1.82, 2.24) is 9.13 Å². The van der Waals surface area contributed by atoms with E-state index in [0.717, 1.165) is 24.0 Å². The molecule has 3 heteroatoms. The molecule has 0 aliphatic carbocycles. The number of hydrogen-bond acceptors (Lipinski definition) is 1. The van der Waals surface area contributed by atoms with Gasteiger partial charge in [-0.15, -0.1) is 0 Å². The Morgan fingerprint density at radius 3 is 2.59 bits per heavy atom. The Bertz CT molecular complexity index is 592. The van der Waals surface area contributed by atoms with Gasteiger partial charge in [0, 0.05) is 13.6 Å². The first-order valence-electron chi connectivity index (χ1n) is 6.29. The maximum absolute atomic E-state index is 12.1. The molecule has 0 fully saturated rings. The fourth-order valence-electron chi connectivity index (χ4n) is 2.43. The topological polar surface area (TPSA) is 26.9 Å². The number of aromatic nitrogens is 2.